The SMILES string of the molecule is C=C[SiH2]COS(=O)(=O)CC(C)C. The third-order valence-electron chi connectivity index (χ3n) is 1.12. The van der Waals surface area contributed by atoms with Gasteiger partial charge in [0, 0.05) is 0 Å². The van der Waals surface area contributed by atoms with Crippen LogP contribution in [0.15, 0.2) is 12.3 Å². The van der Waals surface area contributed by atoms with E-state index in [4.69, 9.17) is 4.18 Å². The van der Waals surface area contributed by atoms with E-state index in [0.29, 0.717) is 6.23 Å². The van der Waals surface area contributed by atoms with Gasteiger partial charge in [0.2, 0.25) is 0 Å². The van der Waals surface area contributed by atoms with Gasteiger partial charge in [0.15, 0.2) is 0 Å². The Morgan fingerprint density at radius 1 is 1.58 bits per heavy atom. The summed E-state index contributed by atoms with van der Waals surface area (Å²) in [6, 6.07) is 0. The Kier molecular flexibility index (Phi) is 5.44. The minimum absolute atomic E-state index is 0.110. The maximum atomic E-state index is 11.1. The van der Waals surface area contributed by atoms with E-state index in [-0.39, 0.29) is 11.7 Å². The minimum atomic E-state index is -3.27. The zero-order chi connectivity index (χ0) is 9.61. The van der Waals surface area contributed by atoms with Crippen LogP contribution in [0.25, 0.3) is 0 Å². The van der Waals surface area contributed by atoms with Crippen LogP contribution in [0.2, 0.25) is 0 Å². The zero-order valence-corrected chi connectivity index (χ0v) is 9.85. The fourth-order valence-corrected chi connectivity index (χ4v) is 3.19. The van der Waals surface area contributed by atoms with Crippen molar-refractivity contribution in [2.45, 2.75) is 13.8 Å². The Morgan fingerprint density at radius 3 is 2.58 bits per heavy atom. The molecule has 0 heterocycles. The van der Waals surface area contributed by atoms with Crippen LogP contribution in [0.3, 0.4) is 0 Å². The van der Waals surface area contributed by atoms with Crippen molar-refractivity contribution in [1.29, 1.82) is 0 Å². The Bertz CT molecular complexity index is 221. The summed E-state index contributed by atoms with van der Waals surface area (Å²) < 4.78 is 26.9. The Balaban J connectivity index is 3.80. The molecule has 0 rings (SSSR count). The average Bonchev–Trinajstić information content (AvgIpc) is 1.84. The Hall–Kier alpha value is -0.133. The molecule has 0 aromatic heterocycles. The number of hydrogen-bond acceptors (Lipinski definition) is 3. The highest BCUT2D eigenvalue weighted by Crippen LogP contribution is 2.01. The molecule has 5 heteroatoms. The molecule has 0 saturated carbocycles. The van der Waals surface area contributed by atoms with Crippen LogP contribution in [0.1, 0.15) is 13.8 Å². The second-order valence-electron chi connectivity index (χ2n) is 3.02. The largest absolute Gasteiger partial charge is 0.274 e. The molecule has 0 aliphatic heterocycles. The van der Waals surface area contributed by atoms with E-state index >= 15 is 0 Å². The predicted molar refractivity (Wildman–Crippen MR) is 53.3 cm³/mol. The molecule has 0 atom stereocenters. The van der Waals surface area contributed by atoms with Crippen molar-refractivity contribution in [3.05, 3.63) is 12.3 Å². The van der Waals surface area contributed by atoms with E-state index in [1.165, 1.54) is 0 Å². The molecule has 0 aliphatic rings. The summed E-state index contributed by atoms with van der Waals surface area (Å²) in [6.07, 6.45) is 0.346. The van der Waals surface area contributed by atoms with Gasteiger partial charge in [-0.3, -0.25) is 4.18 Å². The van der Waals surface area contributed by atoms with Gasteiger partial charge in [-0.1, -0.05) is 13.8 Å². The second kappa shape index (κ2) is 5.50. The molecular formula is C7H16O3SSi. The van der Waals surface area contributed by atoms with Crippen molar-refractivity contribution in [2.75, 3.05) is 12.0 Å². The fourth-order valence-electron chi connectivity index (χ4n) is 0.715. The van der Waals surface area contributed by atoms with Gasteiger partial charge in [0.25, 0.3) is 10.1 Å². The van der Waals surface area contributed by atoms with Crippen LogP contribution in [0.4, 0.5) is 0 Å². The summed E-state index contributed by atoms with van der Waals surface area (Å²) >= 11 is 0. The third-order valence-corrected chi connectivity index (χ3v) is 3.87. The number of hydrogen-bond donors (Lipinski definition) is 0. The highest BCUT2D eigenvalue weighted by Gasteiger charge is 2.12. The summed E-state index contributed by atoms with van der Waals surface area (Å²) in [5.74, 6) is 0.235. The van der Waals surface area contributed by atoms with Gasteiger partial charge in [0.05, 0.1) is 21.5 Å². The standard InChI is InChI=1S/C7H16O3SSi/c1-4-12-6-10-11(8,9)5-7(2)3/h4,7H,1,5-6,12H2,2-3H3. The fraction of sp³-hybridized carbons (Fsp3) is 0.714. The Morgan fingerprint density at radius 2 is 2.17 bits per heavy atom. The first-order chi connectivity index (χ1) is 5.48. The van der Waals surface area contributed by atoms with Gasteiger partial charge in [-0.2, -0.15) is 8.42 Å². The van der Waals surface area contributed by atoms with Crippen LogP contribution < -0.4 is 0 Å². The van der Waals surface area contributed by atoms with Crippen LogP contribution in [0, 0.1) is 5.92 Å². The van der Waals surface area contributed by atoms with Gasteiger partial charge in [0.1, 0.15) is 0 Å². The molecular weight excluding hydrogens is 192 g/mol. The van der Waals surface area contributed by atoms with Crippen LogP contribution in [-0.2, 0) is 14.3 Å². The molecule has 0 unspecified atom stereocenters. The van der Waals surface area contributed by atoms with E-state index < -0.39 is 19.6 Å². The monoisotopic (exact) mass is 208 g/mol. The summed E-state index contributed by atoms with van der Waals surface area (Å²) in [7, 11) is -3.80. The molecule has 0 aliphatic carbocycles. The molecule has 0 amide bonds. The molecule has 0 fully saturated rings. The highest BCUT2D eigenvalue weighted by atomic mass is 32.2. The quantitative estimate of drug-likeness (QED) is 0.357. The molecule has 3 nitrogen and oxygen atoms in total. The molecule has 0 saturated heterocycles. The van der Waals surface area contributed by atoms with Crippen LogP contribution in [-0.4, -0.2) is 29.9 Å². The molecule has 0 spiro atoms. The van der Waals surface area contributed by atoms with E-state index in [1.807, 2.05) is 13.8 Å². The molecule has 12 heavy (non-hydrogen) atoms. The van der Waals surface area contributed by atoms with Gasteiger partial charge in [-0.05, 0) is 5.92 Å². The van der Waals surface area contributed by atoms with Gasteiger partial charge in [-0.25, -0.2) is 0 Å². The maximum Gasteiger partial charge on any atom is 0.267 e. The molecule has 0 aromatic carbocycles. The highest BCUT2D eigenvalue weighted by molar-refractivity contribution is 7.86. The van der Waals surface area contributed by atoms with Crippen molar-refractivity contribution in [3.8, 4) is 0 Å². The summed E-state index contributed by atoms with van der Waals surface area (Å²) in [4.78, 5) is 0. The lowest BCUT2D eigenvalue weighted by atomic mass is 10.3. The summed E-state index contributed by atoms with van der Waals surface area (Å²) in [6.45, 7) is 7.23. The van der Waals surface area contributed by atoms with Gasteiger partial charge < -0.3 is 0 Å². The van der Waals surface area contributed by atoms with E-state index in [2.05, 4.69) is 6.58 Å². The average molecular weight is 208 g/mol. The first-order valence-electron chi connectivity index (χ1n) is 3.96. The molecule has 0 aromatic rings. The first-order valence-corrected chi connectivity index (χ1v) is 7.35. The smallest absolute Gasteiger partial charge is 0.267 e. The van der Waals surface area contributed by atoms with E-state index in [1.54, 1.807) is 5.70 Å². The molecule has 0 bridgehead atoms. The predicted octanol–water partition coefficient (Wildman–Crippen LogP) is 0.259. The molecule has 72 valence electrons. The van der Waals surface area contributed by atoms with Crippen LogP contribution >= 0.6 is 0 Å². The van der Waals surface area contributed by atoms with Crippen molar-refractivity contribution < 1.29 is 12.6 Å². The van der Waals surface area contributed by atoms with E-state index in [9.17, 15) is 8.42 Å². The minimum Gasteiger partial charge on any atom is -0.274 e. The summed E-state index contributed by atoms with van der Waals surface area (Å²) in [5, 5.41) is 0. The topological polar surface area (TPSA) is 43.4 Å². The molecule has 0 N–H and O–H groups in total. The van der Waals surface area contributed by atoms with Crippen molar-refractivity contribution >= 4 is 19.6 Å². The third kappa shape index (κ3) is 6.57. The van der Waals surface area contributed by atoms with Crippen LogP contribution in [0.5, 0.6) is 0 Å². The molecule has 0 radical (unpaired) electrons. The lowest BCUT2D eigenvalue weighted by Crippen LogP contribution is -2.17. The number of rotatable bonds is 6. The maximum absolute atomic E-state index is 11.1. The lowest BCUT2D eigenvalue weighted by Gasteiger charge is -2.05. The van der Waals surface area contributed by atoms with Gasteiger partial charge in [-0.15, -0.1) is 12.3 Å². The van der Waals surface area contributed by atoms with Crippen molar-refractivity contribution in [1.82, 2.24) is 0 Å². The van der Waals surface area contributed by atoms with Gasteiger partial charge >= 0.3 is 0 Å². The van der Waals surface area contributed by atoms with E-state index in [0.717, 1.165) is 0 Å². The first kappa shape index (κ1) is 11.9. The Labute approximate surface area is 76.8 Å². The normalized spacial score (nSPS) is 12.9. The van der Waals surface area contributed by atoms with Crippen molar-refractivity contribution in [3.63, 3.8) is 0 Å². The zero-order valence-electron chi connectivity index (χ0n) is 7.62. The summed E-state index contributed by atoms with van der Waals surface area (Å²) in [5.41, 5.74) is 1.77. The lowest BCUT2D eigenvalue weighted by molar-refractivity contribution is 0.371. The van der Waals surface area contributed by atoms with Crippen molar-refractivity contribution in [2.24, 2.45) is 5.92 Å². The second-order valence-corrected chi connectivity index (χ2v) is 6.26.